The van der Waals surface area contributed by atoms with E-state index < -0.39 is 4.92 Å². The first kappa shape index (κ1) is 13.0. The molecule has 0 N–H and O–H groups in total. The summed E-state index contributed by atoms with van der Waals surface area (Å²) in [6.07, 6.45) is 1.27. The largest absolute Gasteiger partial charge is 0.302 e. The molecule has 0 amide bonds. The van der Waals surface area contributed by atoms with E-state index in [1.165, 1.54) is 17.8 Å². The number of nitrogens with zero attached hydrogens (tertiary/aromatic N) is 1. The van der Waals surface area contributed by atoms with Gasteiger partial charge in [0.1, 0.15) is 6.29 Å². The zero-order valence-electron chi connectivity index (χ0n) is 8.34. The number of nitro groups is 1. The Morgan fingerprint density at radius 2 is 2.19 bits per heavy atom. The van der Waals surface area contributed by atoms with E-state index in [1.54, 1.807) is 18.2 Å². The molecule has 1 aromatic rings. The lowest BCUT2D eigenvalue weighted by Crippen LogP contribution is -2.05. The quantitative estimate of drug-likeness (QED) is 0.259. The molecule has 0 heterocycles. The lowest BCUT2D eigenvalue weighted by Gasteiger charge is -2.07. The highest BCUT2D eigenvalue weighted by atomic mass is 35.5. The third-order valence-corrected chi connectivity index (χ3v) is 3.35. The summed E-state index contributed by atoms with van der Waals surface area (Å²) in [5.74, 6) is 0.358. The van der Waals surface area contributed by atoms with E-state index in [0.717, 1.165) is 6.29 Å². The van der Waals surface area contributed by atoms with Gasteiger partial charge in [0, 0.05) is 11.9 Å². The molecule has 1 atom stereocenters. The Labute approximate surface area is 102 Å². The summed E-state index contributed by atoms with van der Waals surface area (Å²) in [5, 5.41) is 10.4. The maximum absolute atomic E-state index is 10.7. The van der Waals surface area contributed by atoms with Crippen molar-refractivity contribution in [2.24, 2.45) is 0 Å². The minimum atomic E-state index is -0.453. The van der Waals surface area contributed by atoms with Gasteiger partial charge in [-0.1, -0.05) is 12.1 Å². The van der Waals surface area contributed by atoms with E-state index in [4.69, 9.17) is 11.6 Å². The fourth-order valence-corrected chi connectivity index (χ4v) is 2.54. The molecular formula is C10H10ClNO3S. The Bertz CT molecular complexity index is 386. The maximum atomic E-state index is 10.7. The van der Waals surface area contributed by atoms with Crippen LogP contribution >= 0.6 is 23.4 Å². The van der Waals surface area contributed by atoms with Gasteiger partial charge < -0.3 is 4.79 Å². The summed E-state index contributed by atoms with van der Waals surface area (Å²) in [6, 6.07) is 6.36. The molecule has 1 aromatic carbocycles. The number of nitro benzene ring substituents is 1. The maximum Gasteiger partial charge on any atom is 0.282 e. The number of hydrogen-bond acceptors (Lipinski definition) is 4. The molecule has 16 heavy (non-hydrogen) atoms. The van der Waals surface area contributed by atoms with Gasteiger partial charge in [-0.05, 0) is 12.5 Å². The van der Waals surface area contributed by atoms with Crippen LogP contribution in [-0.2, 0) is 4.79 Å². The SMILES string of the molecule is O=CC(CCCl)Sc1ccccc1[N+](=O)[O-]. The molecule has 0 aliphatic heterocycles. The Morgan fingerprint density at radius 3 is 2.75 bits per heavy atom. The summed E-state index contributed by atoms with van der Waals surface area (Å²) in [4.78, 5) is 21.5. The van der Waals surface area contributed by atoms with Crippen molar-refractivity contribution in [2.75, 3.05) is 5.88 Å². The first-order valence-electron chi connectivity index (χ1n) is 4.60. The normalized spacial score (nSPS) is 12.1. The molecule has 0 radical (unpaired) electrons. The van der Waals surface area contributed by atoms with Crippen molar-refractivity contribution in [2.45, 2.75) is 16.6 Å². The number of para-hydroxylation sites is 1. The lowest BCUT2D eigenvalue weighted by molar-refractivity contribution is -0.387. The van der Waals surface area contributed by atoms with Gasteiger partial charge >= 0.3 is 0 Å². The van der Waals surface area contributed by atoms with Crippen LogP contribution in [0.4, 0.5) is 5.69 Å². The highest BCUT2D eigenvalue weighted by Gasteiger charge is 2.17. The molecule has 0 aromatic heterocycles. The molecule has 1 unspecified atom stereocenters. The molecule has 1 rings (SSSR count). The summed E-state index contributed by atoms with van der Waals surface area (Å²) < 4.78 is 0. The van der Waals surface area contributed by atoms with Gasteiger partial charge in [0.15, 0.2) is 0 Å². The van der Waals surface area contributed by atoms with Crippen LogP contribution in [0.2, 0.25) is 0 Å². The van der Waals surface area contributed by atoms with Gasteiger partial charge in [0.25, 0.3) is 5.69 Å². The van der Waals surface area contributed by atoms with Crippen molar-refractivity contribution >= 4 is 35.3 Å². The van der Waals surface area contributed by atoms with Gasteiger partial charge in [0.05, 0.1) is 15.1 Å². The first-order chi connectivity index (χ1) is 7.69. The van der Waals surface area contributed by atoms with Gasteiger partial charge in [-0.25, -0.2) is 0 Å². The average Bonchev–Trinajstić information content (AvgIpc) is 2.29. The molecule has 0 spiro atoms. The van der Waals surface area contributed by atoms with E-state index in [0.29, 0.717) is 17.2 Å². The highest BCUT2D eigenvalue weighted by Crippen LogP contribution is 2.32. The van der Waals surface area contributed by atoms with Crippen molar-refractivity contribution in [1.82, 2.24) is 0 Å². The van der Waals surface area contributed by atoms with Gasteiger partial charge in [-0.15, -0.1) is 23.4 Å². The third kappa shape index (κ3) is 3.50. The van der Waals surface area contributed by atoms with Gasteiger partial charge in [-0.3, -0.25) is 10.1 Å². The van der Waals surface area contributed by atoms with Crippen LogP contribution in [0.5, 0.6) is 0 Å². The highest BCUT2D eigenvalue weighted by molar-refractivity contribution is 8.00. The molecule has 4 nitrogen and oxygen atoms in total. The number of halogens is 1. The van der Waals surface area contributed by atoms with Gasteiger partial charge in [-0.2, -0.15) is 0 Å². The monoisotopic (exact) mass is 259 g/mol. The Balaban J connectivity index is 2.86. The molecule has 0 saturated heterocycles. The Kier molecular flexibility index (Phi) is 5.28. The molecular weight excluding hydrogens is 250 g/mol. The smallest absolute Gasteiger partial charge is 0.282 e. The molecule has 0 saturated carbocycles. The minimum absolute atomic E-state index is 0.0222. The number of alkyl halides is 1. The van der Waals surface area contributed by atoms with Crippen molar-refractivity contribution in [3.63, 3.8) is 0 Å². The van der Waals surface area contributed by atoms with Crippen molar-refractivity contribution < 1.29 is 9.72 Å². The van der Waals surface area contributed by atoms with Crippen LogP contribution in [0.15, 0.2) is 29.2 Å². The summed E-state index contributed by atoms with van der Waals surface area (Å²) in [6.45, 7) is 0. The standard InChI is InChI=1S/C10H10ClNO3S/c11-6-5-8(7-13)16-10-4-2-1-3-9(10)12(14)15/h1-4,7-8H,5-6H2. The Hall–Kier alpha value is -1.07. The van der Waals surface area contributed by atoms with E-state index in [-0.39, 0.29) is 10.9 Å². The van der Waals surface area contributed by atoms with Crippen LogP contribution in [0.1, 0.15) is 6.42 Å². The lowest BCUT2D eigenvalue weighted by atomic mass is 10.3. The van der Waals surface area contributed by atoms with Crippen LogP contribution in [-0.4, -0.2) is 22.3 Å². The number of thioether (sulfide) groups is 1. The fraction of sp³-hybridized carbons (Fsp3) is 0.300. The topological polar surface area (TPSA) is 60.2 Å². The number of carbonyl (C=O) groups is 1. The van der Waals surface area contributed by atoms with Crippen LogP contribution in [0, 0.1) is 10.1 Å². The zero-order chi connectivity index (χ0) is 12.0. The first-order valence-corrected chi connectivity index (χ1v) is 6.01. The third-order valence-electron chi connectivity index (χ3n) is 1.89. The molecule has 0 aliphatic carbocycles. The molecule has 6 heteroatoms. The van der Waals surface area contributed by atoms with E-state index >= 15 is 0 Å². The number of carbonyl (C=O) groups excluding carboxylic acids is 1. The number of hydrogen-bond donors (Lipinski definition) is 0. The number of benzene rings is 1. The molecule has 0 fully saturated rings. The molecule has 86 valence electrons. The van der Waals surface area contributed by atoms with Crippen LogP contribution in [0.25, 0.3) is 0 Å². The van der Waals surface area contributed by atoms with Crippen molar-refractivity contribution in [3.05, 3.63) is 34.4 Å². The molecule has 0 bridgehead atoms. The van der Waals surface area contributed by atoms with Crippen molar-refractivity contribution in [3.8, 4) is 0 Å². The second-order valence-corrected chi connectivity index (χ2v) is 4.65. The van der Waals surface area contributed by atoms with Crippen LogP contribution < -0.4 is 0 Å². The number of rotatable bonds is 6. The second-order valence-electron chi connectivity index (χ2n) is 2.99. The van der Waals surface area contributed by atoms with E-state index in [9.17, 15) is 14.9 Å². The van der Waals surface area contributed by atoms with Gasteiger partial charge in [0.2, 0.25) is 0 Å². The van der Waals surface area contributed by atoms with E-state index in [2.05, 4.69) is 0 Å². The average molecular weight is 260 g/mol. The number of aldehydes is 1. The predicted molar refractivity (Wildman–Crippen MR) is 64.1 cm³/mol. The summed E-state index contributed by atoms with van der Waals surface area (Å²) >= 11 is 6.71. The minimum Gasteiger partial charge on any atom is -0.302 e. The zero-order valence-corrected chi connectivity index (χ0v) is 9.91. The Morgan fingerprint density at radius 1 is 1.50 bits per heavy atom. The predicted octanol–water partition coefficient (Wildman–Crippen LogP) is 2.88. The summed E-state index contributed by atoms with van der Waals surface area (Å²) in [5.41, 5.74) is 0.0222. The molecule has 0 aliphatic rings. The fourth-order valence-electron chi connectivity index (χ4n) is 1.13. The summed E-state index contributed by atoms with van der Waals surface area (Å²) in [7, 11) is 0. The van der Waals surface area contributed by atoms with Crippen LogP contribution in [0.3, 0.4) is 0 Å². The second kappa shape index (κ2) is 6.50. The van der Waals surface area contributed by atoms with Crippen molar-refractivity contribution in [1.29, 1.82) is 0 Å². The van der Waals surface area contributed by atoms with E-state index in [1.807, 2.05) is 0 Å².